The number of carbonyl (C=O) groups is 3. The molecule has 0 fully saturated rings. The molecule has 3 rings (SSSR count). The van der Waals surface area contributed by atoms with Crippen molar-refractivity contribution in [1.29, 1.82) is 0 Å². The highest BCUT2D eigenvalue weighted by Crippen LogP contribution is 2.44. The maximum absolute atomic E-state index is 12.6. The van der Waals surface area contributed by atoms with Crippen molar-refractivity contribution in [3.05, 3.63) is 59.7 Å². The summed E-state index contributed by atoms with van der Waals surface area (Å²) in [5.41, 5.74) is 3.63. The van der Waals surface area contributed by atoms with Crippen molar-refractivity contribution < 1.29 is 28.6 Å². The largest absolute Gasteiger partial charge is 0.516 e. The van der Waals surface area contributed by atoms with Gasteiger partial charge in [-0.3, -0.25) is 0 Å². The zero-order valence-corrected chi connectivity index (χ0v) is 19.7. The number of hydrogen-bond acceptors (Lipinski definition) is 6. The van der Waals surface area contributed by atoms with Gasteiger partial charge >= 0.3 is 18.2 Å². The molecule has 7 heteroatoms. The van der Waals surface area contributed by atoms with Gasteiger partial charge in [0.25, 0.3) is 0 Å². The van der Waals surface area contributed by atoms with Crippen LogP contribution in [0.25, 0.3) is 11.1 Å². The van der Waals surface area contributed by atoms with E-state index < -0.39 is 29.9 Å². The van der Waals surface area contributed by atoms with Crippen LogP contribution < -0.4 is 5.32 Å². The van der Waals surface area contributed by atoms with Gasteiger partial charge in [0.15, 0.2) is 0 Å². The summed E-state index contributed by atoms with van der Waals surface area (Å²) in [5, 5.41) is 2.56. The van der Waals surface area contributed by atoms with Crippen molar-refractivity contribution in [3.63, 3.8) is 0 Å². The van der Waals surface area contributed by atoms with Crippen molar-refractivity contribution >= 4 is 18.2 Å². The number of nitrogens with one attached hydrogen (secondary N) is 1. The molecule has 1 amide bonds. The van der Waals surface area contributed by atoms with E-state index in [1.165, 1.54) is 0 Å². The van der Waals surface area contributed by atoms with Gasteiger partial charge in [0.2, 0.25) is 0 Å². The smallest absolute Gasteiger partial charge is 0.449 e. The molecule has 176 valence electrons. The van der Waals surface area contributed by atoms with Crippen LogP contribution in [0.15, 0.2) is 48.5 Å². The molecule has 0 radical (unpaired) electrons. The fraction of sp³-hybridized carbons (Fsp3) is 0.423. The second-order valence-electron chi connectivity index (χ2n) is 9.22. The number of amides is 1. The Morgan fingerprint density at radius 3 is 2.03 bits per heavy atom. The van der Waals surface area contributed by atoms with Crippen molar-refractivity contribution in [3.8, 4) is 11.1 Å². The van der Waals surface area contributed by atoms with E-state index in [1.54, 1.807) is 27.7 Å². The van der Waals surface area contributed by atoms with Gasteiger partial charge in [-0.25, -0.2) is 14.4 Å². The van der Waals surface area contributed by atoms with E-state index in [4.69, 9.17) is 14.2 Å². The van der Waals surface area contributed by atoms with Gasteiger partial charge in [-0.15, -0.1) is 0 Å². The number of rotatable bonds is 6. The van der Waals surface area contributed by atoms with Gasteiger partial charge in [0.05, 0.1) is 0 Å². The molecule has 1 N–H and O–H groups in total. The lowest BCUT2D eigenvalue weighted by molar-refractivity contribution is -0.145. The molecule has 0 spiro atoms. The number of ether oxygens (including phenoxy) is 3. The lowest BCUT2D eigenvalue weighted by Gasteiger charge is -2.24. The first-order valence-electron chi connectivity index (χ1n) is 11.2. The molecule has 33 heavy (non-hydrogen) atoms. The quantitative estimate of drug-likeness (QED) is 0.464. The lowest BCUT2D eigenvalue weighted by atomic mass is 9.98. The molecule has 0 heterocycles. The second kappa shape index (κ2) is 10.1. The Labute approximate surface area is 194 Å². The van der Waals surface area contributed by atoms with Gasteiger partial charge in [0.1, 0.15) is 18.2 Å². The van der Waals surface area contributed by atoms with Crippen LogP contribution in [-0.2, 0) is 19.0 Å². The zero-order valence-electron chi connectivity index (χ0n) is 19.7. The van der Waals surface area contributed by atoms with Gasteiger partial charge in [-0.05, 0) is 48.9 Å². The van der Waals surface area contributed by atoms with Crippen molar-refractivity contribution in [1.82, 2.24) is 5.32 Å². The average Bonchev–Trinajstić information content (AvgIpc) is 3.08. The molecule has 2 aromatic rings. The molecule has 0 aromatic heterocycles. The van der Waals surface area contributed by atoms with Crippen molar-refractivity contribution in [2.24, 2.45) is 5.92 Å². The molecule has 0 aliphatic heterocycles. The van der Waals surface area contributed by atoms with Crippen LogP contribution in [0.5, 0.6) is 0 Å². The summed E-state index contributed by atoms with van der Waals surface area (Å²) in [4.78, 5) is 37.1. The monoisotopic (exact) mass is 453 g/mol. The Morgan fingerprint density at radius 2 is 1.52 bits per heavy atom. The number of hydrogen-bond donors (Lipinski definition) is 1. The van der Waals surface area contributed by atoms with Crippen LogP contribution in [0.2, 0.25) is 0 Å². The highest BCUT2D eigenvalue weighted by atomic mass is 16.7. The second-order valence-corrected chi connectivity index (χ2v) is 9.22. The Bertz CT molecular complexity index is 980. The SMILES string of the molecule is CC[C@H](C)[C@H](NC(=O)OCC1c2ccccc2-c2ccccc21)C(=O)OC(=O)OC(C)(C)C. The minimum Gasteiger partial charge on any atom is -0.449 e. The van der Waals surface area contributed by atoms with Crippen LogP contribution in [0.1, 0.15) is 58.1 Å². The lowest BCUT2D eigenvalue weighted by Crippen LogP contribution is -2.47. The fourth-order valence-electron chi connectivity index (χ4n) is 3.85. The van der Waals surface area contributed by atoms with Gasteiger partial charge in [0, 0.05) is 5.92 Å². The maximum atomic E-state index is 12.6. The Kier molecular flexibility index (Phi) is 7.41. The summed E-state index contributed by atoms with van der Waals surface area (Å²) in [6.07, 6.45) is -1.27. The number of fused-ring (bicyclic) bond motifs is 3. The summed E-state index contributed by atoms with van der Waals surface area (Å²) >= 11 is 0. The first kappa shape index (κ1) is 24.3. The summed E-state index contributed by atoms with van der Waals surface area (Å²) in [5.74, 6) is -1.26. The minimum absolute atomic E-state index is 0.0982. The van der Waals surface area contributed by atoms with E-state index in [0.717, 1.165) is 22.3 Å². The topological polar surface area (TPSA) is 90.9 Å². The number of alkyl carbamates (subject to hydrolysis) is 1. The van der Waals surface area contributed by atoms with Crippen molar-refractivity contribution in [2.75, 3.05) is 6.61 Å². The summed E-state index contributed by atoms with van der Waals surface area (Å²) < 4.78 is 15.4. The third-order valence-corrected chi connectivity index (χ3v) is 5.66. The summed E-state index contributed by atoms with van der Waals surface area (Å²) in [6, 6.07) is 15.0. The molecule has 1 aliphatic rings. The first-order valence-corrected chi connectivity index (χ1v) is 11.2. The maximum Gasteiger partial charge on any atom is 0.516 e. The van der Waals surface area contributed by atoms with Gasteiger partial charge in [-0.2, -0.15) is 0 Å². The minimum atomic E-state index is -1.10. The molecule has 0 bridgehead atoms. The highest BCUT2D eigenvalue weighted by Gasteiger charge is 2.33. The van der Waals surface area contributed by atoms with Crippen LogP contribution in [-0.4, -0.2) is 36.5 Å². The number of esters is 1. The molecule has 1 aliphatic carbocycles. The van der Waals surface area contributed by atoms with E-state index in [9.17, 15) is 14.4 Å². The van der Waals surface area contributed by atoms with Crippen molar-refractivity contribution in [2.45, 2.75) is 58.6 Å². The predicted octanol–water partition coefficient (Wildman–Crippen LogP) is 5.42. The third kappa shape index (κ3) is 5.92. The van der Waals surface area contributed by atoms with Crippen LogP contribution >= 0.6 is 0 Å². The summed E-state index contributed by atoms with van der Waals surface area (Å²) in [6.45, 7) is 8.77. The van der Waals surface area contributed by atoms with E-state index >= 15 is 0 Å². The number of benzene rings is 2. The Hall–Kier alpha value is -3.35. The average molecular weight is 454 g/mol. The Morgan fingerprint density at radius 1 is 0.970 bits per heavy atom. The number of carbonyl (C=O) groups excluding carboxylic acids is 3. The van der Waals surface area contributed by atoms with E-state index in [2.05, 4.69) is 17.4 Å². The van der Waals surface area contributed by atoms with E-state index in [0.29, 0.717) is 6.42 Å². The molecule has 0 saturated carbocycles. The zero-order chi connectivity index (χ0) is 24.2. The molecule has 7 nitrogen and oxygen atoms in total. The van der Waals surface area contributed by atoms with Crippen LogP contribution in [0.3, 0.4) is 0 Å². The first-order chi connectivity index (χ1) is 15.6. The molecular weight excluding hydrogens is 422 g/mol. The molecule has 2 aromatic carbocycles. The molecule has 0 saturated heterocycles. The van der Waals surface area contributed by atoms with Gasteiger partial charge < -0.3 is 19.5 Å². The predicted molar refractivity (Wildman–Crippen MR) is 124 cm³/mol. The third-order valence-electron chi connectivity index (χ3n) is 5.66. The molecule has 2 atom stereocenters. The summed E-state index contributed by atoms with van der Waals surface area (Å²) in [7, 11) is 0. The van der Waals surface area contributed by atoms with Crippen LogP contribution in [0, 0.1) is 5.92 Å². The molecular formula is C26H31NO6. The molecule has 0 unspecified atom stereocenters. The standard InChI is InChI=1S/C26H31NO6/c1-6-16(2)22(23(28)32-25(30)33-26(3,4)5)27-24(29)31-15-21-19-13-9-7-11-17(19)18-12-8-10-14-20(18)21/h7-14,16,21-22H,6,15H2,1-5H3,(H,27,29)/t16-,22-/m0/s1. The normalized spacial score (nSPS) is 14.5. The van der Waals surface area contributed by atoms with Gasteiger partial charge in [-0.1, -0.05) is 68.8 Å². The van der Waals surface area contributed by atoms with E-state index in [1.807, 2.05) is 43.3 Å². The van der Waals surface area contributed by atoms with E-state index in [-0.39, 0.29) is 18.4 Å². The highest BCUT2D eigenvalue weighted by molar-refractivity contribution is 5.88. The van der Waals surface area contributed by atoms with Crippen LogP contribution in [0.4, 0.5) is 9.59 Å². The fourth-order valence-corrected chi connectivity index (χ4v) is 3.85. The Balaban J connectivity index is 1.65.